The van der Waals surface area contributed by atoms with E-state index in [0.29, 0.717) is 32.3 Å². The lowest BCUT2D eigenvalue weighted by molar-refractivity contribution is 0.103. The van der Waals surface area contributed by atoms with Crippen molar-refractivity contribution in [3.63, 3.8) is 0 Å². The monoisotopic (exact) mass is 432 g/mol. The quantitative estimate of drug-likeness (QED) is 0.321. The summed E-state index contributed by atoms with van der Waals surface area (Å²) in [7, 11) is 0. The molecular weight excluding hydrogens is 415 g/mol. The second kappa shape index (κ2) is 10.5. The summed E-state index contributed by atoms with van der Waals surface area (Å²) in [6.45, 7) is 0. The van der Waals surface area contributed by atoms with E-state index in [1.165, 1.54) is 0 Å². The highest BCUT2D eigenvalue weighted by atomic mass is 35.5. The number of carbonyl (C=O) groups excluding carboxylic acids is 2. The van der Waals surface area contributed by atoms with Crippen molar-refractivity contribution in [3.8, 4) is 0 Å². The number of carbonyl (C=O) groups is 2. The molecule has 4 heteroatoms. The molecule has 0 radical (unpaired) electrons. The van der Waals surface area contributed by atoms with E-state index in [4.69, 9.17) is 23.2 Å². The van der Waals surface area contributed by atoms with Gasteiger partial charge in [0.15, 0.2) is 11.6 Å². The van der Waals surface area contributed by atoms with Gasteiger partial charge in [-0.1, -0.05) is 96.0 Å². The summed E-state index contributed by atoms with van der Waals surface area (Å²) in [6, 6.07) is 32.3. The van der Waals surface area contributed by atoms with E-state index in [0.717, 1.165) is 0 Å². The van der Waals surface area contributed by atoms with E-state index in [-0.39, 0.29) is 11.6 Å². The molecule has 148 valence electrons. The molecule has 0 aliphatic rings. The average molecular weight is 433 g/mol. The fourth-order valence-electron chi connectivity index (χ4n) is 2.75. The van der Waals surface area contributed by atoms with E-state index in [1.807, 2.05) is 48.5 Å². The molecule has 0 N–H and O–H groups in total. The van der Waals surface area contributed by atoms with Crippen molar-refractivity contribution < 1.29 is 9.59 Å². The number of halogens is 2. The first-order chi connectivity index (χ1) is 14.6. The van der Waals surface area contributed by atoms with Crippen molar-refractivity contribution in [1.82, 2.24) is 0 Å². The van der Waals surface area contributed by atoms with E-state index in [1.54, 1.807) is 60.7 Å². The fourth-order valence-corrected chi connectivity index (χ4v) is 3.10. The van der Waals surface area contributed by atoms with E-state index < -0.39 is 0 Å². The molecule has 0 spiro atoms. The molecule has 0 bridgehead atoms. The predicted molar refractivity (Wildman–Crippen MR) is 123 cm³/mol. The molecule has 0 amide bonds. The molecule has 0 aliphatic carbocycles. The zero-order chi connectivity index (χ0) is 21.3. The standard InChI is InChI=1S/2C13H9ClO/c14-12-9-5-4-8-11(12)13(15)10-6-2-1-3-7-10;14-12-8-6-11(7-9-12)13(15)10-4-2-1-3-5-10/h2*1-9H. The first-order valence-corrected chi connectivity index (χ1v) is 10.0. The van der Waals surface area contributed by atoms with Crippen LogP contribution in [0.1, 0.15) is 31.8 Å². The van der Waals surface area contributed by atoms with Crippen LogP contribution in [0.25, 0.3) is 0 Å². The van der Waals surface area contributed by atoms with Crippen molar-refractivity contribution in [2.45, 2.75) is 0 Å². The second-order valence-corrected chi connectivity index (χ2v) is 7.22. The summed E-state index contributed by atoms with van der Waals surface area (Å²) in [5, 5.41) is 1.13. The van der Waals surface area contributed by atoms with Crippen LogP contribution in [0.4, 0.5) is 0 Å². The van der Waals surface area contributed by atoms with E-state index in [9.17, 15) is 9.59 Å². The third-order valence-corrected chi connectivity index (χ3v) is 4.88. The molecule has 0 unspecified atom stereocenters. The molecular formula is C26H18Cl2O2. The Labute approximate surface area is 185 Å². The molecule has 2 nitrogen and oxygen atoms in total. The summed E-state index contributed by atoms with van der Waals surface area (Å²) in [4.78, 5) is 23.9. The van der Waals surface area contributed by atoms with Crippen LogP contribution < -0.4 is 0 Å². The number of hydrogen-bond donors (Lipinski definition) is 0. The molecule has 0 saturated heterocycles. The molecule has 0 aromatic heterocycles. The molecule has 0 aliphatic heterocycles. The highest BCUT2D eigenvalue weighted by molar-refractivity contribution is 6.35. The molecule has 0 fully saturated rings. The first-order valence-electron chi connectivity index (χ1n) is 9.26. The van der Waals surface area contributed by atoms with Crippen molar-refractivity contribution in [1.29, 1.82) is 0 Å². The largest absolute Gasteiger partial charge is 0.289 e. The zero-order valence-electron chi connectivity index (χ0n) is 16.0. The van der Waals surface area contributed by atoms with Crippen LogP contribution in [0.2, 0.25) is 10.0 Å². The fraction of sp³-hybridized carbons (Fsp3) is 0. The molecule has 0 saturated carbocycles. The zero-order valence-corrected chi connectivity index (χ0v) is 17.5. The summed E-state index contributed by atoms with van der Waals surface area (Å²) in [5.74, 6) is -0.0199. The lowest BCUT2D eigenvalue weighted by Crippen LogP contribution is -2.01. The van der Waals surface area contributed by atoms with Crippen LogP contribution >= 0.6 is 23.2 Å². The molecule has 0 heterocycles. The predicted octanol–water partition coefficient (Wildman–Crippen LogP) is 7.14. The minimum atomic E-state index is -0.0406. The highest BCUT2D eigenvalue weighted by Gasteiger charge is 2.11. The first kappa shape index (κ1) is 21.5. The summed E-state index contributed by atoms with van der Waals surface area (Å²) in [6.07, 6.45) is 0. The molecule has 0 atom stereocenters. The maximum absolute atomic E-state index is 12.0. The van der Waals surface area contributed by atoms with Gasteiger partial charge in [-0.05, 0) is 36.4 Å². The lowest BCUT2D eigenvalue weighted by atomic mass is 10.0. The van der Waals surface area contributed by atoms with E-state index >= 15 is 0 Å². The maximum Gasteiger partial charge on any atom is 0.194 e. The Morgan fingerprint density at radius 2 is 0.900 bits per heavy atom. The van der Waals surface area contributed by atoms with E-state index in [2.05, 4.69) is 0 Å². The van der Waals surface area contributed by atoms with Gasteiger partial charge < -0.3 is 0 Å². The Hall–Kier alpha value is -3.20. The SMILES string of the molecule is O=C(c1ccccc1)c1ccc(Cl)cc1.O=C(c1ccccc1)c1ccccc1Cl. The Kier molecular flexibility index (Phi) is 7.56. The normalized spacial score (nSPS) is 9.93. The number of rotatable bonds is 4. The summed E-state index contributed by atoms with van der Waals surface area (Å²) >= 11 is 11.7. The highest BCUT2D eigenvalue weighted by Crippen LogP contribution is 2.18. The van der Waals surface area contributed by atoms with Gasteiger partial charge in [0.25, 0.3) is 0 Å². The van der Waals surface area contributed by atoms with Gasteiger partial charge in [-0.15, -0.1) is 0 Å². The third kappa shape index (κ3) is 5.66. The Bertz CT molecular complexity index is 1120. The lowest BCUT2D eigenvalue weighted by Gasteiger charge is -2.02. The number of benzene rings is 4. The van der Waals surface area contributed by atoms with Crippen LogP contribution in [0.3, 0.4) is 0 Å². The smallest absolute Gasteiger partial charge is 0.194 e. The number of ketones is 2. The molecule has 4 aromatic carbocycles. The van der Waals surface area contributed by atoms with Crippen LogP contribution in [-0.2, 0) is 0 Å². The number of hydrogen-bond acceptors (Lipinski definition) is 2. The van der Waals surface area contributed by atoms with Gasteiger partial charge in [-0.25, -0.2) is 0 Å². The van der Waals surface area contributed by atoms with Gasteiger partial charge in [0.05, 0.1) is 5.02 Å². The molecule has 4 rings (SSSR count). The second-order valence-electron chi connectivity index (χ2n) is 6.38. The van der Waals surface area contributed by atoms with Gasteiger partial charge >= 0.3 is 0 Å². The van der Waals surface area contributed by atoms with Gasteiger partial charge in [0.2, 0.25) is 0 Å². The third-order valence-electron chi connectivity index (χ3n) is 4.30. The Morgan fingerprint density at radius 1 is 0.467 bits per heavy atom. The van der Waals surface area contributed by atoms with Crippen LogP contribution in [0.5, 0.6) is 0 Å². The Balaban J connectivity index is 0.000000171. The van der Waals surface area contributed by atoms with Crippen molar-refractivity contribution >= 4 is 34.8 Å². The molecule has 4 aromatic rings. The van der Waals surface area contributed by atoms with Gasteiger partial charge in [-0.2, -0.15) is 0 Å². The van der Waals surface area contributed by atoms with Crippen LogP contribution in [0.15, 0.2) is 109 Å². The Morgan fingerprint density at radius 3 is 1.43 bits per heavy atom. The maximum atomic E-state index is 12.0. The summed E-state index contributed by atoms with van der Waals surface area (Å²) in [5.41, 5.74) is 2.56. The van der Waals surface area contributed by atoms with Crippen molar-refractivity contribution in [2.75, 3.05) is 0 Å². The van der Waals surface area contributed by atoms with Gasteiger partial charge in [0.1, 0.15) is 0 Å². The topological polar surface area (TPSA) is 34.1 Å². The average Bonchev–Trinajstić information content (AvgIpc) is 2.81. The van der Waals surface area contributed by atoms with Crippen molar-refractivity contribution in [3.05, 3.63) is 141 Å². The molecule has 30 heavy (non-hydrogen) atoms. The van der Waals surface area contributed by atoms with Gasteiger partial charge in [0, 0.05) is 27.3 Å². The minimum absolute atomic E-state index is 0.0206. The van der Waals surface area contributed by atoms with Gasteiger partial charge in [-0.3, -0.25) is 9.59 Å². The van der Waals surface area contributed by atoms with Crippen LogP contribution in [-0.4, -0.2) is 11.6 Å². The van der Waals surface area contributed by atoms with Crippen molar-refractivity contribution in [2.24, 2.45) is 0 Å². The van der Waals surface area contributed by atoms with Crippen LogP contribution in [0, 0.1) is 0 Å². The minimum Gasteiger partial charge on any atom is -0.289 e. The summed E-state index contributed by atoms with van der Waals surface area (Å²) < 4.78 is 0.